The molecule has 3 heteroatoms. The zero-order valence-corrected chi connectivity index (χ0v) is 10.1. The number of halogens is 1. The fraction of sp³-hybridized carbons (Fsp3) is 0.462. The maximum absolute atomic E-state index is 12.8. The Hall–Kier alpha value is -1.22. The summed E-state index contributed by atoms with van der Waals surface area (Å²) in [4.78, 5) is 4.10. The van der Waals surface area contributed by atoms with Crippen molar-refractivity contribution in [3.8, 4) is 0 Å². The van der Waals surface area contributed by atoms with E-state index >= 15 is 0 Å². The van der Waals surface area contributed by atoms with Crippen molar-refractivity contribution in [1.82, 2.24) is 10.3 Å². The van der Waals surface area contributed by atoms with Crippen molar-refractivity contribution in [3.63, 3.8) is 0 Å². The Balaban J connectivity index is 2.83. The molecular weight excluding hydrogens is 203 g/mol. The smallest absolute Gasteiger partial charge is 0.141 e. The van der Waals surface area contributed by atoms with Crippen molar-refractivity contribution in [3.05, 3.63) is 41.5 Å². The van der Waals surface area contributed by atoms with Gasteiger partial charge in [0.1, 0.15) is 5.82 Å². The highest BCUT2D eigenvalue weighted by molar-refractivity contribution is 5.17. The molecule has 1 aromatic heterocycles. The Morgan fingerprint density at radius 2 is 2.25 bits per heavy atom. The van der Waals surface area contributed by atoms with Crippen molar-refractivity contribution in [2.45, 2.75) is 33.2 Å². The SMILES string of the molecule is CCCNC(C=C(C)C)c1ccc(F)cn1. The third kappa shape index (κ3) is 4.11. The molecule has 1 N–H and O–H groups in total. The molecule has 2 nitrogen and oxygen atoms in total. The Morgan fingerprint density at radius 1 is 1.50 bits per heavy atom. The summed E-state index contributed by atoms with van der Waals surface area (Å²) in [5.41, 5.74) is 2.08. The summed E-state index contributed by atoms with van der Waals surface area (Å²) in [6.45, 7) is 7.13. The summed E-state index contributed by atoms with van der Waals surface area (Å²) in [6.07, 6.45) is 4.43. The highest BCUT2D eigenvalue weighted by Crippen LogP contribution is 2.14. The van der Waals surface area contributed by atoms with E-state index in [1.165, 1.54) is 17.8 Å². The maximum atomic E-state index is 12.8. The van der Waals surface area contributed by atoms with Crippen LogP contribution >= 0.6 is 0 Å². The van der Waals surface area contributed by atoms with Crippen molar-refractivity contribution < 1.29 is 4.39 Å². The summed E-state index contributed by atoms with van der Waals surface area (Å²) in [5, 5.41) is 3.38. The van der Waals surface area contributed by atoms with Gasteiger partial charge in [0.25, 0.3) is 0 Å². The van der Waals surface area contributed by atoms with Crippen LogP contribution in [-0.2, 0) is 0 Å². The third-order valence-corrected chi connectivity index (χ3v) is 2.18. The van der Waals surface area contributed by atoms with Crippen LogP contribution in [-0.4, -0.2) is 11.5 Å². The fourth-order valence-corrected chi connectivity index (χ4v) is 1.45. The van der Waals surface area contributed by atoms with Gasteiger partial charge in [0.2, 0.25) is 0 Å². The van der Waals surface area contributed by atoms with E-state index in [4.69, 9.17) is 0 Å². The van der Waals surface area contributed by atoms with E-state index in [2.05, 4.69) is 23.3 Å². The first-order chi connectivity index (χ1) is 7.63. The molecule has 1 aromatic rings. The zero-order chi connectivity index (χ0) is 12.0. The summed E-state index contributed by atoms with van der Waals surface area (Å²) < 4.78 is 12.8. The number of hydrogen-bond donors (Lipinski definition) is 1. The molecule has 1 heterocycles. The van der Waals surface area contributed by atoms with Gasteiger partial charge in [-0.05, 0) is 38.9 Å². The Morgan fingerprint density at radius 3 is 2.75 bits per heavy atom. The molecule has 0 aliphatic carbocycles. The van der Waals surface area contributed by atoms with E-state index < -0.39 is 0 Å². The van der Waals surface area contributed by atoms with Crippen LogP contribution in [0.2, 0.25) is 0 Å². The van der Waals surface area contributed by atoms with Gasteiger partial charge in [-0.2, -0.15) is 0 Å². The first-order valence-electron chi connectivity index (χ1n) is 5.63. The maximum Gasteiger partial charge on any atom is 0.141 e. The number of nitrogens with one attached hydrogen (secondary N) is 1. The molecule has 0 aliphatic heterocycles. The Kier molecular flexibility index (Phi) is 5.12. The quantitative estimate of drug-likeness (QED) is 0.774. The fourth-order valence-electron chi connectivity index (χ4n) is 1.45. The van der Waals surface area contributed by atoms with Gasteiger partial charge in [0, 0.05) is 0 Å². The molecule has 0 radical (unpaired) electrons. The number of hydrogen-bond acceptors (Lipinski definition) is 2. The second-order valence-corrected chi connectivity index (χ2v) is 4.08. The lowest BCUT2D eigenvalue weighted by atomic mass is 10.1. The van der Waals surface area contributed by atoms with Crippen LogP contribution in [0.25, 0.3) is 0 Å². The highest BCUT2D eigenvalue weighted by atomic mass is 19.1. The van der Waals surface area contributed by atoms with Crippen molar-refractivity contribution in [1.29, 1.82) is 0 Å². The van der Waals surface area contributed by atoms with Crippen molar-refractivity contribution >= 4 is 0 Å². The van der Waals surface area contributed by atoms with E-state index in [1.54, 1.807) is 6.07 Å². The molecule has 0 saturated heterocycles. The average Bonchev–Trinajstić information content (AvgIpc) is 2.25. The van der Waals surface area contributed by atoms with Crippen molar-refractivity contribution in [2.24, 2.45) is 0 Å². The number of nitrogens with zero attached hydrogens (tertiary/aromatic N) is 1. The standard InChI is InChI=1S/C13H19FN2/c1-4-7-15-13(8-10(2)3)12-6-5-11(14)9-16-12/h5-6,8-9,13,15H,4,7H2,1-3H3. The minimum absolute atomic E-state index is 0.0746. The number of allylic oxidation sites excluding steroid dienone is 1. The molecule has 1 rings (SSSR count). The predicted octanol–water partition coefficient (Wildman–Crippen LogP) is 3.23. The molecule has 0 fully saturated rings. The molecule has 1 unspecified atom stereocenters. The Bertz CT molecular complexity index is 339. The molecule has 88 valence electrons. The molecule has 1 atom stereocenters. The number of pyridine rings is 1. The molecule has 0 spiro atoms. The van der Waals surface area contributed by atoms with Gasteiger partial charge in [-0.3, -0.25) is 4.98 Å². The van der Waals surface area contributed by atoms with Gasteiger partial charge in [-0.15, -0.1) is 0 Å². The predicted molar refractivity (Wildman–Crippen MR) is 64.7 cm³/mol. The lowest BCUT2D eigenvalue weighted by Crippen LogP contribution is -2.21. The van der Waals surface area contributed by atoms with E-state index in [0.717, 1.165) is 18.7 Å². The van der Waals surface area contributed by atoms with Crippen LogP contribution in [0.1, 0.15) is 38.9 Å². The van der Waals surface area contributed by atoms with Gasteiger partial charge < -0.3 is 5.32 Å². The molecular formula is C13H19FN2. The summed E-state index contributed by atoms with van der Waals surface area (Å²) >= 11 is 0. The lowest BCUT2D eigenvalue weighted by molar-refractivity contribution is 0.585. The summed E-state index contributed by atoms with van der Waals surface area (Å²) in [5.74, 6) is -0.296. The lowest BCUT2D eigenvalue weighted by Gasteiger charge is -2.14. The van der Waals surface area contributed by atoms with Crippen LogP contribution < -0.4 is 5.32 Å². The first-order valence-corrected chi connectivity index (χ1v) is 5.63. The molecule has 0 aromatic carbocycles. The van der Waals surface area contributed by atoms with E-state index in [9.17, 15) is 4.39 Å². The van der Waals surface area contributed by atoms with Crippen LogP contribution in [0.15, 0.2) is 30.0 Å². The number of aromatic nitrogens is 1. The van der Waals surface area contributed by atoms with Crippen LogP contribution in [0, 0.1) is 5.82 Å². The van der Waals surface area contributed by atoms with Crippen LogP contribution in [0.5, 0.6) is 0 Å². The second-order valence-electron chi connectivity index (χ2n) is 4.08. The van der Waals surface area contributed by atoms with Gasteiger partial charge in [-0.25, -0.2) is 4.39 Å². The third-order valence-electron chi connectivity index (χ3n) is 2.18. The highest BCUT2D eigenvalue weighted by Gasteiger charge is 2.08. The van der Waals surface area contributed by atoms with E-state index in [-0.39, 0.29) is 11.9 Å². The molecule has 0 aliphatic rings. The van der Waals surface area contributed by atoms with E-state index in [0.29, 0.717) is 0 Å². The zero-order valence-electron chi connectivity index (χ0n) is 10.1. The topological polar surface area (TPSA) is 24.9 Å². The monoisotopic (exact) mass is 222 g/mol. The second kappa shape index (κ2) is 6.38. The summed E-state index contributed by atoms with van der Waals surface area (Å²) in [6, 6.07) is 3.25. The summed E-state index contributed by atoms with van der Waals surface area (Å²) in [7, 11) is 0. The Labute approximate surface area is 96.6 Å². The van der Waals surface area contributed by atoms with Gasteiger partial charge in [0.15, 0.2) is 0 Å². The van der Waals surface area contributed by atoms with Gasteiger partial charge >= 0.3 is 0 Å². The van der Waals surface area contributed by atoms with Crippen molar-refractivity contribution in [2.75, 3.05) is 6.54 Å². The normalized spacial score (nSPS) is 12.2. The minimum Gasteiger partial charge on any atom is -0.305 e. The number of rotatable bonds is 5. The van der Waals surface area contributed by atoms with Gasteiger partial charge in [-0.1, -0.05) is 18.6 Å². The van der Waals surface area contributed by atoms with Crippen LogP contribution in [0.3, 0.4) is 0 Å². The van der Waals surface area contributed by atoms with Crippen LogP contribution in [0.4, 0.5) is 4.39 Å². The first kappa shape index (κ1) is 12.8. The molecule has 0 amide bonds. The van der Waals surface area contributed by atoms with E-state index in [1.807, 2.05) is 13.8 Å². The molecule has 16 heavy (non-hydrogen) atoms. The molecule has 0 bridgehead atoms. The minimum atomic E-state index is -0.296. The average molecular weight is 222 g/mol. The molecule has 0 saturated carbocycles. The van der Waals surface area contributed by atoms with Gasteiger partial charge in [0.05, 0.1) is 17.9 Å². The largest absolute Gasteiger partial charge is 0.305 e.